The number of rotatable bonds is 5. The Kier molecular flexibility index (Phi) is 4.34. The first-order valence-electron chi connectivity index (χ1n) is 8.56. The third kappa shape index (κ3) is 3.15. The maximum atomic E-state index is 12.9. The zero-order chi connectivity index (χ0) is 18.1. The van der Waals surface area contributed by atoms with Crippen molar-refractivity contribution in [2.24, 2.45) is 0 Å². The summed E-state index contributed by atoms with van der Waals surface area (Å²) in [6.07, 6.45) is 5.47. The van der Waals surface area contributed by atoms with E-state index >= 15 is 0 Å². The molecule has 3 aromatic heterocycles. The van der Waals surface area contributed by atoms with Crippen molar-refractivity contribution in [1.29, 1.82) is 0 Å². The van der Waals surface area contributed by atoms with Crippen LogP contribution in [0.15, 0.2) is 60.5 Å². The monoisotopic (exact) mass is 364 g/mol. The highest BCUT2D eigenvalue weighted by molar-refractivity contribution is 7.17. The molecule has 0 spiro atoms. The topological polar surface area (TPSA) is 51.9 Å². The molecule has 132 valence electrons. The van der Waals surface area contributed by atoms with Crippen LogP contribution in [0.3, 0.4) is 0 Å². The molecule has 0 atom stereocenters. The molecule has 26 heavy (non-hydrogen) atoms. The molecule has 0 saturated heterocycles. The van der Waals surface area contributed by atoms with Gasteiger partial charge in [0.15, 0.2) is 0 Å². The molecule has 4 rings (SSSR count). The SMILES string of the molecule is CC(C)n1c(C(=O)Nc2cccc(Cn3ccnc3)c2)cc2sccc21. The van der Waals surface area contributed by atoms with Crippen molar-refractivity contribution in [2.45, 2.75) is 26.4 Å². The van der Waals surface area contributed by atoms with Gasteiger partial charge in [0.1, 0.15) is 5.69 Å². The molecule has 0 aliphatic carbocycles. The summed E-state index contributed by atoms with van der Waals surface area (Å²) in [5.74, 6) is -0.0816. The van der Waals surface area contributed by atoms with E-state index in [1.165, 1.54) is 0 Å². The van der Waals surface area contributed by atoms with Crippen molar-refractivity contribution in [3.05, 3.63) is 71.8 Å². The number of anilines is 1. The van der Waals surface area contributed by atoms with Crippen molar-refractivity contribution >= 4 is 33.1 Å². The summed E-state index contributed by atoms with van der Waals surface area (Å²) in [4.78, 5) is 17.0. The second kappa shape index (κ2) is 6.80. The molecule has 0 saturated carbocycles. The molecule has 0 unspecified atom stereocenters. The summed E-state index contributed by atoms with van der Waals surface area (Å²) in [5.41, 5.74) is 3.72. The van der Waals surface area contributed by atoms with Gasteiger partial charge < -0.3 is 14.5 Å². The first-order valence-corrected chi connectivity index (χ1v) is 9.44. The number of hydrogen-bond acceptors (Lipinski definition) is 3. The highest BCUT2D eigenvalue weighted by atomic mass is 32.1. The predicted molar refractivity (Wildman–Crippen MR) is 106 cm³/mol. The fraction of sp³-hybridized carbons (Fsp3) is 0.200. The third-order valence-electron chi connectivity index (χ3n) is 4.32. The van der Waals surface area contributed by atoms with Crippen LogP contribution in [-0.4, -0.2) is 20.0 Å². The lowest BCUT2D eigenvalue weighted by Crippen LogP contribution is -2.18. The molecule has 3 heterocycles. The summed E-state index contributed by atoms with van der Waals surface area (Å²) >= 11 is 1.66. The van der Waals surface area contributed by atoms with Gasteiger partial charge in [-0.1, -0.05) is 12.1 Å². The van der Waals surface area contributed by atoms with Crippen LogP contribution in [0.4, 0.5) is 5.69 Å². The van der Waals surface area contributed by atoms with Gasteiger partial charge in [0, 0.05) is 30.7 Å². The Bertz CT molecular complexity index is 1040. The van der Waals surface area contributed by atoms with Gasteiger partial charge in [-0.2, -0.15) is 0 Å². The van der Waals surface area contributed by atoms with Crippen LogP contribution in [0.5, 0.6) is 0 Å². The Hall–Kier alpha value is -2.86. The van der Waals surface area contributed by atoms with E-state index in [9.17, 15) is 4.79 Å². The molecule has 1 amide bonds. The van der Waals surface area contributed by atoms with E-state index < -0.39 is 0 Å². The summed E-state index contributed by atoms with van der Waals surface area (Å²) in [5, 5.41) is 5.10. The number of nitrogens with one attached hydrogen (secondary N) is 1. The van der Waals surface area contributed by atoms with Crippen molar-refractivity contribution < 1.29 is 4.79 Å². The highest BCUT2D eigenvalue weighted by Gasteiger charge is 2.18. The molecular formula is C20H20N4OS. The van der Waals surface area contributed by atoms with E-state index in [0.717, 1.165) is 28.0 Å². The maximum Gasteiger partial charge on any atom is 0.272 e. The summed E-state index contributed by atoms with van der Waals surface area (Å²) in [7, 11) is 0. The molecule has 4 aromatic rings. The highest BCUT2D eigenvalue weighted by Crippen LogP contribution is 2.29. The number of thiophene rings is 1. The number of aromatic nitrogens is 3. The number of benzene rings is 1. The van der Waals surface area contributed by atoms with E-state index in [0.29, 0.717) is 5.69 Å². The molecule has 0 bridgehead atoms. The van der Waals surface area contributed by atoms with Crippen LogP contribution in [0.25, 0.3) is 10.2 Å². The van der Waals surface area contributed by atoms with E-state index in [1.54, 1.807) is 23.9 Å². The van der Waals surface area contributed by atoms with Gasteiger partial charge >= 0.3 is 0 Å². The first kappa shape index (κ1) is 16.6. The predicted octanol–water partition coefficient (Wildman–Crippen LogP) is 4.78. The quantitative estimate of drug-likeness (QED) is 0.554. The average molecular weight is 364 g/mol. The van der Waals surface area contributed by atoms with Gasteiger partial charge in [-0.25, -0.2) is 4.98 Å². The van der Waals surface area contributed by atoms with Gasteiger partial charge in [0.05, 0.1) is 16.5 Å². The van der Waals surface area contributed by atoms with E-state index in [4.69, 9.17) is 0 Å². The molecule has 0 radical (unpaired) electrons. The molecule has 0 fully saturated rings. The molecule has 1 N–H and O–H groups in total. The summed E-state index contributed by atoms with van der Waals surface area (Å²) < 4.78 is 5.23. The van der Waals surface area contributed by atoms with Crippen LogP contribution in [-0.2, 0) is 6.54 Å². The van der Waals surface area contributed by atoms with Crippen molar-refractivity contribution in [3.63, 3.8) is 0 Å². The third-order valence-corrected chi connectivity index (χ3v) is 5.17. The molecule has 1 aromatic carbocycles. The largest absolute Gasteiger partial charge is 0.333 e. The van der Waals surface area contributed by atoms with Crippen molar-refractivity contribution in [3.8, 4) is 0 Å². The average Bonchev–Trinajstić information content (AvgIpc) is 3.31. The van der Waals surface area contributed by atoms with Gasteiger partial charge in [-0.3, -0.25) is 4.79 Å². The smallest absolute Gasteiger partial charge is 0.272 e. The molecular weight excluding hydrogens is 344 g/mol. The first-order chi connectivity index (χ1) is 12.6. The van der Waals surface area contributed by atoms with Crippen LogP contribution < -0.4 is 5.32 Å². The lowest BCUT2D eigenvalue weighted by atomic mass is 10.2. The number of hydrogen-bond donors (Lipinski definition) is 1. The van der Waals surface area contributed by atoms with E-state index in [2.05, 4.69) is 40.2 Å². The van der Waals surface area contributed by atoms with Crippen LogP contribution in [0.1, 0.15) is 35.9 Å². The molecule has 6 heteroatoms. The van der Waals surface area contributed by atoms with Gasteiger partial charge in [-0.05, 0) is 49.1 Å². The molecule has 0 aliphatic rings. The molecule has 0 aliphatic heterocycles. The lowest BCUT2D eigenvalue weighted by Gasteiger charge is -2.14. The fourth-order valence-corrected chi connectivity index (χ4v) is 4.02. The number of nitrogens with zero attached hydrogens (tertiary/aromatic N) is 3. The summed E-state index contributed by atoms with van der Waals surface area (Å²) in [6.45, 7) is 4.92. The second-order valence-corrected chi connectivity index (χ2v) is 7.50. The number of amides is 1. The van der Waals surface area contributed by atoms with Crippen LogP contribution >= 0.6 is 11.3 Å². The number of carbonyl (C=O) groups excluding carboxylic acids is 1. The van der Waals surface area contributed by atoms with Gasteiger partial charge in [0.25, 0.3) is 5.91 Å². The minimum atomic E-state index is -0.0816. The van der Waals surface area contributed by atoms with Crippen molar-refractivity contribution in [1.82, 2.24) is 14.1 Å². The maximum absolute atomic E-state index is 12.9. The Morgan fingerprint density at radius 1 is 1.27 bits per heavy atom. The Labute approximate surface area is 155 Å². The fourth-order valence-electron chi connectivity index (χ4n) is 3.21. The number of fused-ring (bicyclic) bond motifs is 1. The van der Waals surface area contributed by atoms with Crippen LogP contribution in [0.2, 0.25) is 0 Å². The Morgan fingerprint density at radius 2 is 2.15 bits per heavy atom. The van der Waals surface area contributed by atoms with Gasteiger partial charge in [-0.15, -0.1) is 11.3 Å². The summed E-state index contributed by atoms with van der Waals surface area (Å²) in [6, 6.07) is 12.2. The second-order valence-electron chi connectivity index (χ2n) is 6.55. The van der Waals surface area contributed by atoms with E-state index in [1.807, 2.05) is 41.1 Å². The Morgan fingerprint density at radius 3 is 2.92 bits per heavy atom. The standard InChI is InChI=1S/C20H20N4OS/c1-14(2)24-17-6-9-26-19(17)11-18(24)20(25)22-16-5-3-4-15(10-16)12-23-8-7-21-13-23/h3-11,13-14H,12H2,1-2H3,(H,22,25). The zero-order valence-electron chi connectivity index (χ0n) is 14.7. The minimum absolute atomic E-state index is 0.0816. The number of carbonyl (C=O) groups is 1. The zero-order valence-corrected chi connectivity index (χ0v) is 15.5. The normalized spacial score (nSPS) is 11.3. The van der Waals surface area contributed by atoms with Gasteiger partial charge in [0.2, 0.25) is 0 Å². The van der Waals surface area contributed by atoms with E-state index in [-0.39, 0.29) is 11.9 Å². The molecule has 5 nitrogen and oxygen atoms in total. The number of imidazole rings is 1. The Balaban J connectivity index is 1.59. The van der Waals surface area contributed by atoms with Crippen LogP contribution in [0, 0.1) is 0 Å². The minimum Gasteiger partial charge on any atom is -0.333 e. The lowest BCUT2D eigenvalue weighted by molar-refractivity contribution is 0.101. The van der Waals surface area contributed by atoms with Crippen molar-refractivity contribution in [2.75, 3.05) is 5.32 Å².